The van der Waals surface area contributed by atoms with Gasteiger partial charge in [0.25, 0.3) is 0 Å². The number of hydrogen-bond donors (Lipinski definition) is 1. The summed E-state index contributed by atoms with van der Waals surface area (Å²) in [5, 5.41) is 5.73. The van der Waals surface area contributed by atoms with Crippen molar-refractivity contribution < 1.29 is 17.4 Å². The Morgan fingerprint density at radius 1 is 1.31 bits per heavy atom. The fourth-order valence-corrected chi connectivity index (χ4v) is 3.11. The lowest BCUT2D eigenvalue weighted by atomic mass is 9.98. The molecule has 146 valence electrons. The molecule has 2 aromatic rings. The molecule has 1 aromatic heterocycles. The second-order valence-electron chi connectivity index (χ2n) is 5.43. The Balaban J connectivity index is 0.00000163. The Morgan fingerprint density at radius 3 is 2.46 bits per heavy atom. The maximum Gasteiger partial charge on any atom is 0.434 e. The third-order valence-corrected chi connectivity index (χ3v) is 4.68. The van der Waals surface area contributed by atoms with Gasteiger partial charge in [-0.15, -0.1) is 5.10 Å². The Labute approximate surface area is 154 Å². The molecule has 9 heteroatoms. The van der Waals surface area contributed by atoms with E-state index < -0.39 is 34.3 Å². The lowest BCUT2D eigenvalue weighted by Crippen LogP contribution is -2.26. The van der Waals surface area contributed by atoms with E-state index in [0.717, 1.165) is 18.6 Å². The van der Waals surface area contributed by atoms with Gasteiger partial charge in [0.1, 0.15) is 11.6 Å². The molecule has 2 unspecified atom stereocenters. The second-order valence-corrected chi connectivity index (χ2v) is 6.79. The summed E-state index contributed by atoms with van der Waals surface area (Å²) in [6, 6.07) is 2.15. The van der Waals surface area contributed by atoms with Crippen LogP contribution < -0.4 is 5.76 Å². The predicted molar refractivity (Wildman–Crippen MR) is 97.1 cm³/mol. The number of aromatic amines is 1. The monoisotopic (exact) mass is 389 g/mol. The summed E-state index contributed by atoms with van der Waals surface area (Å²) in [6.07, 6.45) is 2.25. The molecule has 0 saturated carbocycles. The van der Waals surface area contributed by atoms with Crippen molar-refractivity contribution in [2.24, 2.45) is 0 Å². The van der Waals surface area contributed by atoms with Crippen molar-refractivity contribution in [2.75, 3.05) is 12.8 Å². The summed E-state index contributed by atoms with van der Waals surface area (Å²) in [7, 11) is -1.28. The molecule has 0 bridgehead atoms. The number of nitrogens with one attached hydrogen (secondary N) is 1. The van der Waals surface area contributed by atoms with E-state index in [9.17, 15) is 17.8 Å². The molecule has 26 heavy (non-hydrogen) atoms. The molecule has 0 aliphatic carbocycles. The van der Waals surface area contributed by atoms with E-state index in [4.69, 9.17) is 4.42 Å². The smallest absolute Gasteiger partial charge is 0.392 e. The number of H-pyrrole nitrogens is 1. The number of halogens is 2. The lowest BCUT2D eigenvalue weighted by molar-refractivity contribution is 0.425. The summed E-state index contributed by atoms with van der Waals surface area (Å²) in [5.41, 5.74) is 0.154. The van der Waals surface area contributed by atoms with Crippen LogP contribution >= 0.6 is 0 Å². The Bertz CT molecular complexity index is 792. The number of aromatic nitrogens is 2. The average Bonchev–Trinajstić information content (AvgIpc) is 3.04. The zero-order valence-corrected chi connectivity index (χ0v) is 16.5. The van der Waals surface area contributed by atoms with Gasteiger partial charge in [0.2, 0.25) is 5.89 Å². The zero-order valence-electron chi connectivity index (χ0n) is 15.6. The highest BCUT2D eigenvalue weighted by Gasteiger charge is 2.22. The van der Waals surface area contributed by atoms with Crippen molar-refractivity contribution in [3.05, 3.63) is 51.3 Å². The lowest BCUT2D eigenvalue weighted by Gasteiger charge is -2.19. The van der Waals surface area contributed by atoms with Crippen molar-refractivity contribution in [1.82, 2.24) is 14.5 Å². The van der Waals surface area contributed by atoms with Crippen LogP contribution in [0.4, 0.5) is 8.78 Å². The summed E-state index contributed by atoms with van der Waals surface area (Å²) in [6.45, 7) is 8.03. The van der Waals surface area contributed by atoms with Crippen molar-refractivity contribution in [1.29, 1.82) is 0 Å². The molecule has 0 amide bonds. The second kappa shape index (κ2) is 10.3. The average molecular weight is 389 g/mol. The molecule has 2 atom stereocenters. The van der Waals surface area contributed by atoms with Crippen LogP contribution in [0.2, 0.25) is 0 Å². The zero-order chi connectivity index (χ0) is 19.9. The van der Waals surface area contributed by atoms with Gasteiger partial charge in [0.05, 0.1) is 16.9 Å². The fraction of sp³-hybridized carbons (Fsp3) is 0.529. The highest BCUT2D eigenvalue weighted by Crippen LogP contribution is 2.27. The van der Waals surface area contributed by atoms with Gasteiger partial charge in [0.15, 0.2) is 0 Å². The highest BCUT2D eigenvalue weighted by molar-refractivity contribution is 7.81. The van der Waals surface area contributed by atoms with Crippen LogP contribution in [0.15, 0.2) is 21.3 Å². The molecule has 0 fully saturated rings. The van der Waals surface area contributed by atoms with E-state index in [1.54, 1.807) is 11.2 Å². The van der Waals surface area contributed by atoms with Gasteiger partial charge in [-0.3, -0.25) is 0 Å². The van der Waals surface area contributed by atoms with Crippen LogP contribution in [0.1, 0.15) is 57.1 Å². The number of rotatable bonds is 7. The molecule has 6 nitrogen and oxygen atoms in total. The van der Waals surface area contributed by atoms with E-state index in [-0.39, 0.29) is 23.6 Å². The largest absolute Gasteiger partial charge is 0.434 e. The van der Waals surface area contributed by atoms with Crippen molar-refractivity contribution in [3.63, 3.8) is 0 Å². The molecule has 1 N–H and O–H groups in total. The molecule has 0 radical (unpaired) electrons. The first-order valence-corrected chi connectivity index (χ1v) is 9.96. The topological polar surface area (TPSA) is 79.2 Å². The molecule has 0 aliphatic heterocycles. The van der Waals surface area contributed by atoms with Gasteiger partial charge in [-0.1, -0.05) is 20.8 Å². The van der Waals surface area contributed by atoms with E-state index >= 15 is 0 Å². The minimum absolute atomic E-state index is 0.0201. The van der Waals surface area contributed by atoms with Gasteiger partial charge >= 0.3 is 5.76 Å². The van der Waals surface area contributed by atoms with Crippen LogP contribution in [-0.2, 0) is 17.5 Å². The molecule has 0 aliphatic rings. The summed E-state index contributed by atoms with van der Waals surface area (Å²) < 4.78 is 46.8. The van der Waals surface area contributed by atoms with Gasteiger partial charge in [0, 0.05) is 30.5 Å². The standard InChI is InChI=1S/C15H19F2N3O3S.C2H6/c1-4-5-20(24(3)22)8-10-6-13(17)11(7-12(10)16)9(2)14-18-19-15(21)23-14;1-2/h6-7,9H,4-5,8H2,1-3H3,(H,19,21);1-2H3. The Hall–Kier alpha value is -1.87. The minimum atomic E-state index is -1.28. The molecule has 0 saturated heterocycles. The maximum absolute atomic E-state index is 14.4. The first-order chi connectivity index (χ1) is 12.3. The van der Waals surface area contributed by atoms with Crippen LogP contribution in [0.3, 0.4) is 0 Å². The van der Waals surface area contributed by atoms with E-state index in [1.807, 2.05) is 20.8 Å². The SMILES string of the molecule is CC.CCCN(Cc1cc(F)c(C(C)c2n[nH]c(=O)o2)cc1F)S(C)=O. The number of hydrogen-bond acceptors (Lipinski definition) is 4. The number of benzene rings is 1. The van der Waals surface area contributed by atoms with Crippen LogP contribution in [0.25, 0.3) is 0 Å². The molecular formula is C17H25F2N3O3S. The van der Waals surface area contributed by atoms with E-state index in [0.29, 0.717) is 6.54 Å². The Kier molecular flexibility index (Phi) is 8.80. The van der Waals surface area contributed by atoms with Crippen LogP contribution in [0, 0.1) is 11.6 Å². The first-order valence-electron chi connectivity index (χ1n) is 8.45. The fourth-order valence-electron chi connectivity index (χ4n) is 2.35. The van der Waals surface area contributed by atoms with E-state index in [1.165, 1.54) is 6.26 Å². The quantitative estimate of drug-likeness (QED) is 0.788. The molecule has 0 spiro atoms. The van der Waals surface area contributed by atoms with Crippen LogP contribution in [-0.4, -0.2) is 31.5 Å². The summed E-state index contributed by atoms with van der Waals surface area (Å²) in [5.74, 6) is -2.74. The van der Waals surface area contributed by atoms with Crippen molar-refractivity contribution in [3.8, 4) is 0 Å². The normalized spacial score (nSPS) is 13.2. The molecular weight excluding hydrogens is 364 g/mol. The van der Waals surface area contributed by atoms with Gasteiger partial charge in [-0.2, -0.15) is 0 Å². The van der Waals surface area contributed by atoms with Gasteiger partial charge < -0.3 is 4.42 Å². The van der Waals surface area contributed by atoms with E-state index in [2.05, 4.69) is 10.2 Å². The minimum Gasteiger partial charge on any atom is -0.392 e. The predicted octanol–water partition coefficient (Wildman–Crippen LogP) is 3.32. The molecule has 1 aromatic carbocycles. The molecule has 2 rings (SSSR count). The summed E-state index contributed by atoms with van der Waals surface area (Å²) >= 11 is 0. The third kappa shape index (κ3) is 5.57. The third-order valence-electron chi connectivity index (χ3n) is 3.64. The van der Waals surface area contributed by atoms with Crippen molar-refractivity contribution >= 4 is 11.0 Å². The molecule has 1 heterocycles. The van der Waals surface area contributed by atoms with Crippen LogP contribution in [0.5, 0.6) is 0 Å². The van der Waals surface area contributed by atoms with Crippen molar-refractivity contribution in [2.45, 2.75) is 46.6 Å². The number of nitrogens with zero attached hydrogens (tertiary/aromatic N) is 2. The van der Waals surface area contributed by atoms with Gasteiger partial charge in [-0.25, -0.2) is 27.2 Å². The maximum atomic E-state index is 14.4. The Morgan fingerprint density at radius 2 is 1.96 bits per heavy atom. The van der Waals surface area contributed by atoms with Gasteiger partial charge in [-0.05, 0) is 25.5 Å². The highest BCUT2D eigenvalue weighted by atomic mass is 32.2. The summed E-state index contributed by atoms with van der Waals surface area (Å²) in [4.78, 5) is 11.0. The first kappa shape index (κ1) is 22.2.